The second-order valence-electron chi connectivity index (χ2n) is 3.80. The van der Waals surface area contributed by atoms with E-state index in [0.717, 1.165) is 0 Å². The maximum absolute atomic E-state index is 12.2. The molecule has 0 bridgehead atoms. The first-order valence-electron chi connectivity index (χ1n) is 5.23. The van der Waals surface area contributed by atoms with Crippen molar-refractivity contribution in [1.29, 1.82) is 0 Å². The Morgan fingerprint density at radius 3 is 2.67 bits per heavy atom. The van der Waals surface area contributed by atoms with Crippen LogP contribution in [0.5, 0.6) is 0 Å². The summed E-state index contributed by atoms with van der Waals surface area (Å²) in [7, 11) is -0.578. The summed E-state index contributed by atoms with van der Waals surface area (Å²) < 4.78 is 30.4. The average Bonchev–Trinajstić information content (AvgIpc) is 2.29. The van der Waals surface area contributed by atoms with E-state index in [-0.39, 0.29) is 18.0 Å². The summed E-state index contributed by atoms with van der Waals surface area (Å²) in [4.78, 5) is 0.152. The SMILES string of the molecule is COCC(Cl)CN(C)S(=O)(=O)c1cccc(Cl)c1. The molecule has 102 valence electrons. The topological polar surface area (TPSA) is 46.6 Å². The number of hydrogen-bond acceptors (Lipinski definition) is 3. The Hall–Kier alpha value is -0.330. The van der Waals surface area contributed by atoms with E-state index < -0.39 is 15.4 Å². The molecular formula is C11H15Cl2NO3S. The molecule has 0 heterocycles. The molecule has 1 aromatic rings. The van der Waals surface area contributed by atoms with Crippen molar-refractivity contribution >= 4 is 33.2 Å². The highest BCUT2D eigenvalue weighted by Gasteiger charge is 2.23. The maximum atomic E-state index is 12.2. The van der Waals surface area contributed by atoms with Crippen LogP contribution in [0.25, 0.3) is 0 Å². The standard InChI is InChI=1S/C11H15Cl2NO3S/c1-14(7-10(13)8-17-2)18(15,16)11-5-3-4-9(12)6-11/h3-6,10H,7-8H2,1-2H3. The number of benzene rings is 1. The van der Waals surface area contributed by atoms with Gasteiger partial charge >= 0.3 is 0 Å². The highest BCUT2D eigenvalue weighted by Crippen LogP contribution is 2.19. The zero-order valence-corrected chi connectivity index (χ0v) is 12.5. The Balaban J connectivity index is 2.86. The third kappa shape index (κ3) is 4.10. The van der Waals surface area contributed by atoms with Crippen LogP contribution in [0, 0.1) is 0 Å². The van der Waals surface area contributed by atoms with Crippen LogP contribution >= 0.6 is 23.2 Å². The Labute approximate surface area is 117 Å². The second kappa shape index (κ2) is 6.73. The molecule has 0 spiro atoms. The largest absolute Gasteiger partial charge is 0.383 e. The van der Waals surface area contributed by atoms with Crippen molar-refractivity contribution in [2.75, 3.05) is 27.3 Å². The van der Waals surface area contributed by atoms with Gasteiger partial charge in [0.15, 0.2) is 0 Å². The predicted octanol–water partition coefficient (Wildman–Crippen LogP) is 2.21. The van der Waals surface area contributed by atoms with Crippen molar-refractivity contribution < 1.29 is 13.2 Å². The van der Waals surface area contributed by atoms with E-state index in [2.05, 4.69) is 0 Å². The summed E-state index contributed by atoms with van der Waals surface area (Å²) in [6, 6.07) is 6.12. The molecular weight excluding hydrogens is 297 g/mol. The van der Waals surface area contributed by atoms with Crippen molar-refractivity contribution in [1.82, 2.24) is 4.31 Å². The van der Waals surface area contributed by atoms with Crippen molar-refractivity contribution in [3.05, 3.63) is 29.3 Å². The van der Waals surface area contributed by atoms with Gasteiger partial charge in [0.1, 0.15) is 0 Å². The highest BCUT2D eigenvalue weighted by molar-refractivity contribution is 7.89. The summed E-state index contributed by atoms with van der Waals surface area (Å²) in [5.74, 6) is 0. The monoisotopic (exact) mass is 311 g/mol. The van der Waals surface area contributed by atoms with Gasteiger partial charge in [-0.1, -0.05) is 17.7 Å². The van der Waals surface area contributed by atoms with Gasteiger partial charge in [0.05, 0.1) is 16.9 Å². The van der Waals surface area contributed by atoms with Crippen LogP contribution < -0.4 is 0 Å². The molecule has 0 amide bonds. The van der Waals surface area contributed by atoms with Crippen molar-refractivity contribution in [2.45, 2.75) is 10.3 Å². The lowest BCUT2D eigenvalue weighted by molar-refractivity contribution is 0.192. The molecule has 0 fully saturated rings. The molecule has 0 aliphatic carbocycles. The highest BCUT2D eigenvalue weighted by atomic mass is 35.5. The molecule has 0 saturated heterocycles. The number of ether oxygens (including phenoxy) is 1. The second-order valence-corrected chi connectivity index (χ2v) is 6.89. The molecule has 0 aromatic heterocycles. The van der Waals surface area contributed by atoms with Crippen LogP contribution in [0.3, 0.4) is 0 Å². The summed E-state index contributed by atoms with van der Waals surface area (Å²) in [5, 5.41) is -0.0160. The molecule has 1 aromatic carbocycles. The molecule has 1 rings (SSSR count). The van der Waals surface area contributed by atoms with Gasteiger partial charge in [-0.15, -0.1) is 11.6 Å². The van der Waals surface area contributed by atoms with E-state index in [4.69, 9.17) is 27.9 Å². The van der Waals surface area contributed by atoms with E-state index in [9.17, 15) is 8.42 Å². The van der Waals surface area contributed by atoms with Crippen LogP contribution in [-0.2, 0) is 14.8 Å². The zero-order valence-electron chi connectivity index (χ0n) is 10.1. The number of nitrogens with zero attached hydrogens (tertiary/aromatic N) is 1. The number of alkyl halides is 1. The fraction of sp³-hybridized carbons (Fsp3) is 0.455. The van der Waals surface area contributed by atoms with Gasteiger partial charge in [0.2, 0.25) is 10.0 Å². The van der Waals surface area contributed by atoms with E-state index in [1.54, 1.807) is 12.1 Å². The van der Waals surface area contributed by atoms with E-state index in [1.807, 2.05) is 0 Å². The third-order valence-electron chi connectivity index (χ3n) is 2.31. The van der Waals surface area contributed by atoms with Crippen LogP contribution in [0.15, 0.2) is 29.2 Å². The van der Waals surface area contributed by atoms with Gasteiger partial charge in [-0.2, -0.15) is 4.31 Å². The smallest absolute Gasteiger partial charge is 0.242 e. The number of sulfonamides is 1. The van der Waals surface area contributed by atoms with Crippen LogP contribution in [0.4, 0.5) is 0 Å². The Bertz CT molecular complexity index is 493. The molecule has 0 aliphatic rings. The van der Waals surface area contributed by atoms with E-state index in [0.29, 0.717) is 5.02 Å². The number of hydrogen-bond donors (Lipinski definition) is 0. The van der Waals surface area contributed by atoms with Gasteiger partial charge in [-0.05, 0) is 18.2 Å². The molecule has 1 unspecified atom stereocenters. The van der Waals surface area contributed by atoms with E-state index >= 15 is 0 Å². The Morgan fingerprint density at radius 1 is 1.44 bits per heavy atom. The first-order chi connectivity index (χ1) is 8.37. The van der Waals surface area contributed by atoms with Gasteiger partial charge in [0.25, 0.3) is 0 Å². The molecule has 0 N–H and O–H groups in total. The maximum Gasteiger partial charge on any atom is 0.242 e. The molecule has 18 heavy (non-hydrogen) atoms. The minimum atomic E-state index is -3.57. The molecule has 0 saturated carbocycles. The van der Waals surface area contributed by atoms with Gasteiger partial charge in [-0.3, -0.25) is 0 Å². The average molecular weight is 312 g/mol. The summed E-state index contributed by atoms with van der Waals surface area (Å²) in [5.41, 5.74) is 0. The van der Waals surface area contributed by atoms with Gasteiger partial charge in [-0.25, -0.2) is 8.42 Å². The van der Waals surface area contributed by atoms with Crippen LogP contribution in [-0.4, -0.2) is 45.4 Å². The molecule has 7 heteroatoms. The lowest BCUT2D eigenvalue weighted by Gasteiger charge is -2.19. The fourth-order valence-corrected chi connectivity index (χ4v) is 3.35. The molecule has 0 radical (unpaired) electrons. The van der Waals surface area contributed by atoms with Gasteiger partial charge in [0, 0.05) is 25.7 Å². The lowest BCUT2D eigenvalue weighted by Crippen LogP contribution is -2.33. The molecule has 0 aliphatic heterocycles. The Morgan fingerprint density at radius 2 is 2.11 bits per heavy atom. The first-order valence-corrected chi connectivity index (χ1v) is 7.48. The minimum absolute atomic E-state index is 0.152. The Kier molecular flexibility index (Phi) is 5.88. The van der Waals surface area contributed by atoms with E-state index in [1.165, 1.54) is 30.6 Å². The third-order valence-corrected chi connectivity index (χ3v) is 4.63. The summed E-state index contributed by atoms with van der Waals surface area (Å²) in [6.07, 6.45) is 0. The summed E-state index contributed by atoms with van der Waals surface area (Å²) >= 11 is 11.7. The van der Waals surface area contributed by atoms with Gasteiger partial charge < -0.3 is 4.74 Å². The fourth-order valence-electron chi connectivity index (χ4n) is 1.42. The number of rotatable bonds is 6. The van der Waals surface area contributed by atoms with Crippen molar-refractivity contribution in [3.63, 3.8) is 0 Å². The molecule has 4 nitrogen and oxygen atoms in total. The normalized spacial score (nSPS) is 13.8. The zero-order chi connectivity index (χ0) is 13.8. The number of methoxy groups -OCH3 is 1. The van der Waals surface area contributed by atoms with Crippen LogP contribution in [0.2, 0.25) is 5.02 Å². The first kappa shape index (κ1) is 15.7. The summed E-state index contributed by atoms with van der Waals surface area (Å²) in [6.45, 7) is 0.460. The van der Waals surface area contributed by atoms with Crippen molar-refractivity contribution in [3.8, 4) is 0 Å². The predicted molar refractivity (Wildman–Crippen MR) is 72.8 cm³/mol. The molecule has 1 atom stereocenters. The number of halogens is 2. The lowest BCUT2D eigenvalue weighted by atomic mass is 10.4. The minimum Gasteiger partial charge on any atom is -0.383 e. The quantitative estimate of drug-likeness (QED) is 0.757. The van der Waals surface area contributed by atoms with Crippen molar-refractivity contribution in [2.24, 2.45) is 0 Å². The van der Waals surface area contributed by atoms with Crippen LogP contribution in [0.1, 0.15) is 0 Å².